The van der Waals surface area contributed by atoms with Crippen molar-refractivity contribution in [3.05, 3.63) is 11.6 Å². The van der Waals surface area contributed by atoms with Crippen LogP contribution in [-0.4, -0.2) is 12.1 Å². The number of ether oxygens (including phenoxy) is 1. The molecule has 0 radical (unpaired) electrons. The van der Waals surface area contributed by atoms with Gasteiger partial charge in [-0.3, -0.25) is 4.79 Å². The van der Waals surface area contributed by atoms with Crippen LogP contribution in [0, 0.1) is 40.4 Å². The largest absolute Gasteiger partial charge is 0.462 e. The van der Waals surface area contributed by atoms with E-state index in [0.717, 1.165) is 42.4 Å². The first-order valence-corrected chi connectivity index (χ1v) is 13.6. The maximum absolute atomic E-state index is 11.5. The summed E-state index contributed by atoms with van der Waals surface area (Å²) in [6.07, 6.45) is 20.3. The van der Waals surface area contributed by atoms with Crippen LogP contribution in [0.4, 0.5) is 0 Å². The maximum Gasteiger partial charge on any atom is 0.302 e. The lowest BCUT2D eigenvalue weighted by molar-refractivity contribution is -0.148. The highest BCUT2D eigenvalue weighted by Crippen LogP contribution is 2.66. The summed E-state index contributed by atoms with van der Waals surface area (Å²) < 4.78 is 5.61. The monoisotopic (exact) mass is 428 g/mol. The van der Waals surface area contributed by atoms with Gasteiger partial charge >= 0.3 is 5.97 Å². The molecule has 0 amide bonds. The molecule has 3 saturated carbocycles. The van der Waals surface area contributed by atoms with Crippen LogP contribution in [0.3, 0.4) is 0 Å². The van der Waals surface area contributed by atoms with Crippen molar-refractivity contribution >= 4 is 5.97 Å². The molecule has 0 bridgehead atoms. The Morgan fingerprint density at radius 2 is 1.87 bits per heavy atom. The number of allylic oxidation sites excluding steroid dienone is 1. The van der Waals surface area contributed by atoms with E-state index in [2.05, 4.69) is 33.8 Å². The summed E-state index contributed by atoms with van der Waals surface area (Å²) >= 11 is 0. The van der Waals surface area contributed by atoms with Crippen molar-refractivity contribution in [2.24, 2.45) is 40.4 Å². The molecule has 3 fully saturated rings. The Hall–Kier alpha value is -0.790. The number of esters is 1. The zero-order chi connectivity index (χ0) is 22.2. The molecule has 0 aromatic rings. The smallest absolute Gasteiger partial charge is 0.302 e. The maximum atomic E-state index is 11.5. The number of hydrogen-bond acceptors (Lipinski definition) is 2. The predicted octanol–water partition coefficient (Wildman–Crippen LogP) is 8.10. The van der Waals surface area contributed by atoms with Crippen LogP contribution in [0.2, 0.25) is 0 Å². The van der Waals surface area contributed by atoms with Crippen molar-refractivity contribution < 1.29 is 9.53 Å². The zero-order valence-electron chi connectivity index (χ0n) is 21.1. The van der Waals surface area contributed by atoms with E-state index in [9.17, 15) is 4.79 Å². The van der Waals surface area contributed by atoms with Crippen molar-refractivity contribution in [1.82, 2.24) is 0 Å². The van der Waals surface area contributed by atoms with Crippen molar-refractivity contribution in [1.29, 1.82) is 0 Å². The molecule has 7 atom stereocenters. The molecule has 31 heavy (non-hydrogen) atoms. The standard InChI is InChI=1S/C29H48O2/c1-20(2)9-7-6-8-10-22-12-14-26-25-13-11-23-19-24(31-21(3)30)15-17-29(23,5)27(25)16-18-28(22,26)4/h11,20,22,24-27H,6-10,12-19H2,1-5H3/t22-,24-,25-,26-,27?,28+,29-/m0/s1. The highest BCUT2D eigenvalue weighted by molar-refractivity contribution is 5.66. The SMILES string of the molecule is CC(=O)O[C@H]1CC[C@@]2(C)C(=CC[C@@H]3C2CC[C@]2(C)[C@@H](CCCCCC(C)C)CC[C@@H]32)C1. The lowest BCUT2D eigenvalue weighted by Gasteiger charge is -2.58. The summed E-state index contributed by atoms with van der Waals surface area (Å²) in [5, 5.41) is 0. The fraction of sp³-hybridized carbons (Fsp3) is 0.897. The summed E-state index contributed by atoms with van der Waals surface area (Å²) in [5.74, 6) is 4.40. The van der Waals surface area contributed by atoms with Crippen LogP contribution in [0.1, 0.15) is 118 Å². The van der Waals surface area contributed by atoms with Gasteiger partial charge in [-0.15, -0.1) is 0 Å². The van der Waals surface area contributed by atoms with E-state index in [4.69, 9.17) is 4.74 Å². The molecule has 2 heteroatoms. The first-order chi connectivity index (χ1) is 14.7. The Labute approximate surface area is 192 Å². The van der Waals surface area contributed by atoms with E-state index >= 15 is 0 Å². The molecular weight excluding hydrogens is 380 g/mol. The third-order valence-corrected chi connectivity index (χ3v) is 10.4. The number of carbonyl (C=O) groups excluding carboxylic acids is 1. The summed E-state index contributed by atoms with van der Waals surface area (Å²) in [5.41, 5.74) is 2.57. The van der Waals surface area contributed by atoms with E-state index in [1.807, 2.05) is 0 Å². The van der Waals surface area contributed by atoms with Gasteiger partial charge in [-0.05, 0) is 91.8 Å². The lowest BCUT2D eigenvalue weighted by atomic mass is 9.47. The van der Waals surface area contributed by atoms with E-state index in [-0.39, 0.29) is 12.1 Å². The number of carbonyl (C=O) groups is 1. The van der Waals surface area contributed by atoms with Gasteiger partial charge in [0.15, 0.2) is 0 Å². The van der Waals surface area contributed by atoms with Crippen LogP contribution in [0.25, 0.3) is 0 Å². The van der Waals surface area contributed by atoms with Gasteiger partial charge in [-0.1, -0.05) is 65.0 Å². The van der Waals surface area contributed by atoms with Crippen molar-refractivity contribution in [2.75, 3.05) is 0 Å². The van der Waals surface area contributed by atoms with Crippen LogP contribution >= 0.6 is 0 Å². The molecule has 0 spiro atoms. The van der Waals surface area contributed by atoms with Crippen LogP contribution in [0.15, 0.2) is 11.6 Å². The fourth-order valence-corrected chi connectivity index (χ4v) is 8.67. The van der Waals surface area contributed by atoms with Crippen molar-refractivity contribution in [2.45, 2.75) is 124 Å². The number of rotatable bonds is 7. The molecule has 0 N–H and O–H groups in total. The second-order valence-corrected chi connectivity index (χ2v) is 12.6. The summed E-state index contributed by atoms with van der Waals surface area (Å²) in [4.78, 5) is 11.5. The third-order valence-electron chi connectivity index (χ3n) is 10.4. The Balaban J connectivity index is 1.40. The number of fused-ring (bicyclic) bond motifs is 5. The van der Waals surface area contributed by atoms with Crippen LogP contribution < -0.4 is 0 Å². The minimum absolute atomic E-state index is 0.113. The number of unbranched alkanes of at least 4 members (excludes halogenated alkanes) is 2. The lowest BCUT2D eigenvalue weighted by Crippen LogP contribution is -2.50. The highest BCUT2D eigenvalue weighted by Gasteiger charge is 2.58. The Kier molecular flexibility index (Phi) is 6.95. The molecule has 0 saturated heterocycles. The molecule has 4 rings (SSSR count). The highest BCUT2D eigenvalue weighted by atomic mass is 16.5. The Morgan fingerprint density at radius 1 is 1.06 bits per heavy atom. The molecule has 0 aliphatic heterocycles. The van der Waals surface area contributed by atoms with Gasteiger partial charge in [-0.2, -0.15) is 0 Å². The zero-order valence-corrected chi connectivity index (χ0v) is 21.1. The molecule has 0 heterocycles. The van der Waals surface area contributed by atoms with Gasteiger partial charge in [0.2, 0.25) is 0 Å². The van der Waals surface area contributed by atoms with Crippen LogP contribution in [-0.2, 0) is 9.53 Å². The van der Waals surface area contributed by atoms with Gasteiger partial charge in [-0.25, -0.2) is 0 Å². The third kappa shape index (κ3) is 4.51. The quantitative estimate of drug-likeness (QED) is 0.232. The molecule has 0 aromatic carbocycles. The topological polar surface area (TPSA) is 26.3 Å². The van der Waals surface area contributed by atoms with Gasteiger partial charge in [0.1, 0.15) is 6.10 Å². The second-order valence-electron chi connectivity index (χ2n) is 12.6. The van der Waals surface area contributed by atoms with E-state index < -0.39 is 0 Å². The molecule has 4 aliphatic carbocycles. The van der Waals surface area contributed by atoms with Gasteiger partial charge in [0.05, 0.1) is 0 Å². The van der Waals surface area contributed by atoms with Crippen molar-refractivity contribution in [3.63, 3.8) is 0 Å². The molecular formula is C29H48O2. The summed E-state index contributed by atoms with van der Waals surface area (Å²) in [6, 6.07) is 0. The van der Waals surface area contributed by atoms with Crippen molar-refractivity contribution in [3.8, 4) is 0 Å². The van der Waals surface area contributed by atoms with Gasteiger partial charge < -0.3 is 4.74 Å². The average molecular weight is 429 g/mol. The minimum Gasteiger partial charge on any atom is -0.462 e. The van der Waals surface area contributed by atoms with E-state index in [1.54, 1.807) is 12.5 Å². The fourth-order valence-electron chi connectivity index (χ4n) is 8.67. The number of hydrogen-bond donors (Lipinski definition) is 0. The van der Waals surface area contributed by atoms with E-state index in [1.165, 1.54) is 70.6 Å². The molecule has 0 aromatic heterocycles. The normalized spacial score (nSPS) is 41.9. The molecule has 4 aliphatic rings. The first-order valence-electron chi connectivity index (χ1n) is 13.6. The Bertz CT molecular complexity index is 678. The first kappa shape index (κ1) is 23.4. The summed E-state index contributed by atoms with van der Waals surface area (Å²) in [7, 11) is 0. The predicted molar refractivity (Wildman–Crippen MR) is 129 cm³/mol. The van der Waals surface area contributed by atoms with Gasteiger partial charge in [0, 0.05) is 13.3 Å². The average Bonchev–Trinajstić information content (AvgIpc) is 3.04. The summed E-state index contributed by atoms with van der Waals surface area (Å²) in [6.45, 7) is 11.5. The van der Waals surface area contributed by atoms with Crippen LogP contribution in [0.5, 0.6) is 0 Å². The second kappa shape index (κ2) is 9.22. The molecule has 2 nitrogen and oxygen atoms in total. The molecule has 176 valence electrons. The minimum atomic E-state index is -0.113. The van der Waals surface area contributed by atoms with Gasteiger partial charge in [0.25, 0.3) is 0 Å². The van der Waals surface area contributed by atoms with E-state index in [0.29, 0.717) is 10.8 Å². The Morgan fingerprint density at radius 3 is 2.61 bits per heavy atom. The molecule has 1 unspecified atom stereocenters.